The van der Waals surface area contributed by atoms with Gasteiger partial charge in [0.15, 0.2) is 0 Å². The van der Waals surface area contributed by atoms with Gasteiger partial charge in [0.1, 0.15) is 12.2 Å². The minimum Gasteiger partial charge on any atom is -0.316 e. The summed E-state index contributed by atoms with van der Waals surface area (Å²) >= 11 is 0. The van der Waals surface area contributed by atoms with Crippen molar-refractivity contribution in [3.63, 3.8) is 0 Å². The largest absolute Gasteiger partial charge is 0.316 e. The Hall–Kier alpha value is -0.900. The molecule has 4 heteroatoms. The van der Waals surface area contributed by atoms with Crippen molar-refractivity contribution in [2.45, 2.75) is 18.8 Å². The average molecular weight is 152 g/mol. The summed E-state index contributed by atoms with van der Waals surface area (Å²) in [7, 11) is 0. The zero-order chi connectivity index (χ0) is 7.52. The average Bonchev–Trinajstić information content (AvgIpc) is 2.58. The van der Waals surface area contributed by atoms with Gasteiger partial charge in [0.25, 0.3) is 0 Å². The molecular weight excluding hydrogens is 140 g/mol. The molecule has 2 N–H and O–H groups in total. The summed E-state index contributed by atoms with van der Waals surface area (Å²) in [5.74, 6) is 1.57. The van der Waals surface area contributed by atoms with E-state index in [9.17, 15) is 0 Å². The van der Waals surface area contributed by atoms with Crippen LogP contribution < -0.4 is 5.32 Å². The van der Waals surface area contributed by atoms with Crippen molar-refractivity contribution < 1.29 is 0 Å². The minimum atomic E-state index is 0.547. The number of nitrogens with one attached hydrogen (secondary N) is 2. The van der Waals surface area contributed by atoms with E-state index < -0.39 is 0 Å². The highest BCUT2D eigenvalue weighted by molar-refractivity contribution is 4.95. The molecule has 2 rings (SSSR count). The third-order valence-corrected chi connectivity index (χ3v) is 2.12. The van der Waals surface area contributed by atoms with Gasteiger partial charge in [-0.05, 0) is 19.4 Å². The van der Waals surface area contributed by atoms with E-state index in [1.165, 1.54) is 12.8 Å². The summed E-state index contributed by atoms with van der Waals surface area (Å²) < 4.78 is 0. The summed E-state index contributed by atoms with van der Waals surface area (Å²) in [4.78, 5) is 4.13. The van der Waals surface area contributed by atoms with E-state index in [1.807, 2.05) is 0 Å². The molecule has 0 saturated carbocycles. The molecule has 0 aromatic carbocycles. The zero-order valence-electron chi connectivity index (χ0n) is 6.38. The van der Waals surface area contributed by atoms with E-state index in [-0.39, 0.29) is 0 Å². The van der Waals surface area contributed by atoms with Crippen LogP contribution in [0.1, 0.15) is 24.6 Å². The van der Waals surface area contributed by atoms with Gasteiger partial charge in [0, 0.05) is 12.5 Å². The van der Waals surface area contributed by atoms with E-state index in [0.29, 0.717) is 5.92 Å². The Morgan fingerprint density at radius 2 is 2.55 bits per heavy atom. The molecule has 0 bridgehead atoms. The smallest absolute Gasteiger partial charge is 0.137 e. The second-order valence-corrected chi connectivity index (χ2v) is 2.91. The van der Waals surface area contributed by atoms with Crippen LogP contribution in [0.15, 0.2) is 6.33 Å². The van der Waals surface area contributed by atoms with Gasteiger partial charge in [-0.3, -0.25) is 5.10 Å². The van der Waals surface area contributed by atoms with Crippen LogP contribution in [-0.2, 0) is 0 Å². The number of hydrogen-bond donors (Lipinski definition) is 2. The maximum absolute atomic E-state index is 4.13. The molecular formula is C7H12N4. The number of H-pyrrole nitrogens is 1. The van der Waals surface area contributed by atoms with Crippen molar-refractivity contribution in [3.8, 4) is 0 Å². The van der Waals surface area contributed by atoms with E-state index >= 15 is 0 Å². The molecule has 0 amide bonds. The lowest BCUT2D eigenvalue weighted by atomic mass is 9.99. The molecule has 0 aliphatic carbocycles. The predicted octanol–water partition coefficient (Wildman–Crippen LogP) is 0.272. The molecule has 1 aliphatic heterocycles. The molecule has 0 unspecified atom stereocenters. The fraction of sp³-hybridized carbons (Fsp3) is 0.714. The van der Waals surface area contributed by atoms with Gasteiger partial charge in [0.2, 0.25) is 0 Å². The van der Waals surface area contributed by atoms with Crippen LogP contribution in [0.2, 0.25) is 0 Å². The molecule has 1 aromatic heterocycles. The summed E-state index contributed by atoms with van der Waals surface area (Å²) in [6.45, 7) is 2.18. The number of aromatic amines is 1. The Balaban J connectivity index is 2.04. The van der Waals surface area contributed by atoms with Crippen LogP contribution in [0, 0.1) is 0 Å². The highest BCUT2D eigenvalue weighted by Crippen LogP contribution is 2.18. The Kier molecular flexibility index (Phi) is 1.85. The first-order chi connectivity index (χ1) is 5.47. The number of nitrogens with zero attached hydrogens (tertiary/aromatic N) is 2. The molecule has 60 valence electrons. The van der Waals surface area contributed by atoms with E-state index in [1.54, 1.807) is 6.33 Å². The van der Waals surface area contributed by atoms with Crippen molar-refractivity contribution in [1.82, 2.24) is 20.5 Å². The molecule has 1 atom stereocenters. The van der Waals surface area contributed by atoms with Crippen LogP contribution in [0.4, 0.5) is 0 Å². The topological polar surface area (TPSA) is 53.6 Å². The number of hydrogen-bond acceptors (Lipinski definition) is 3. The van der Waals surface area contributed by atoms with Crippen LogP contribution >= 0.6 is 0 Å². The fourth-order valence-electron chi connectivity index (χ4n) is 1.50. The van der Waals surface area contributed by atoms with Crippen LogP contribution in [0.5, 0.6) is 0 Å². The third-order valence-electron chi connectivity index (χ3n) is 2.12. The van der Waals surface area contributed by atoms with Gasteiger partial charge in [-0.15, -0.1) is 0 Å². The number of piperidine rings is 1. The first-order valence-corrected chi connectivity index (χ1v) is 4.03. The van der Waals surface area contributed by atoms with Gasteiger partial charge >= 0.3 is 0 Å². The summed E-state index contributed by atoms with van der Waals surface area (Å²) in [6, 6.07) is 0. The van der Waals surface area contributed by atoms with Gasteiger partial charge < -0.3 is 5.32 Å². The standard InChI is InChI=1S/C7H12N4/c1-2-6(4-8-3-1)7-9-5-10-11-7/h5-6,8H,1-4H2,(H,9,10,11)/t6-/m1/s1. The van der Waals surface area contributed by atoms with Crippen molar-refractivity contribution >= 4 is 0 Å². The maximum Gasteiger partial charge on any atom is 0.137 e. The lowest BCUT2D eigenvalue weighted by Gasteiger charge is -2.19. The molecule has 0 spiro atoms. The molecule has 4 nitrogen and oxygen atoms in total. The molecule has 2 heterocycles. The molecule has 1 saturated heterocycles. The van der Waals surface area contributed by atoms with Gasteiger partial charge in [0.05, 0.1) is 0 Å². The van der Waals surface area contributed by atoms with E-state index in [2.05, 4.69) is 20.5 Å². The van der Waals surface area contributed by atoms with Crippen molar-refractivity contribution in [2.24, 2.45) is 0 Å². The van der Waals surface area contributed by atoms with Crippen LogP contribution in [0.3, 0.4) is 0 Å². The first kappa shape index (κ1) is 6.79. The number of aromatic nitrogens is 3. The second kappa shape index (κ2) is 3.00. The zero-order valence-corrected chi connectivity index (χ0v) is 6.38. The predicted molar refractivity (Wildman–Crippen MR) is 41.2 cm³/mol. The molecule has 11 heavy (non-hydrogen) atoms. The lowest BCUT2D eigenvalue weighted by Crippen LogP contribution is -2.28. The minimum absolute atomic E-state index is 0.547. The lowest BCUT2D eigenvalue weighted by molar-refractivity contribution is 0.447. The van der Waals surface area contributed by atoms with Crippen molar-refractivity contribution in [1.29, 1.82) is 0 Å². The van der Waals surface area contributed by atoms with Crippen LogP contribution in [0.25, 0.3) is 0 Å². The van der Waals surface area contributed by atoms with Crippen molar-refractivity contribution in [3.05, 3.63) is 12.2 Å². The van der Waals surface area contributed by atoms with Gasteiger partial charge in [-0.1, -0.05) is 0 Å². The third kappa shape index (κ3) is 1.40. The highest BCUT2D eigenvalue weighted by atomic mass is 15.2. The molecule has 1 aromatic rings. The first-order valence-electron chi connectivity index (χ1n) is 4.03. The maximum atomic E-state index is 4.13. The summed E-state index contributed by atoms with van der Waals surface area (Å²) in [6.07, 6.45) is 4.04. The van der Waals surface area contributed by atoms with E-state index in [4.69, 9.17) is 0 Å². The van der Waals surface area contributed by atoms with E-state index in [0.717, 1.165) is 18.9 Å². The Morgan fingerprint density at radius 1 is 1.55 bits per heavy atom. The monoisotopic (exact) mass is 152 g/mol. The van der Waals surface area contributed by atoms with Crippen molar-refractivity contribution in [2.75, 3.05) is 13.1 Å². The van der Waals surface area contributed by atoms with Gasteiger partial charge in [-0.25, -0.2) is 4.98 Å². The van der Waals surface area contributed by atoms with Gasteiger partial charge in [-0.2, -0.15) is 5.10 Å². The molecule has 1 aliphatic rings. The molecule has 0 radical (unpaired) electrons. The SMILES string of the molecule is c1n[nH]c([C@@H]2CCCNC2)n1. The Morgan fingerprint density at radius 3 is 3.18 bits per heavy atom. The highest BCUT2D eigenvalue weighted by Gasteiger charge is 2.16. The summed E-state index contributed by atoms with van der Waals surface area (Å²) in [5, 5.41) is 10.1. The Bertz CT molecular complexity index is 200. The second-order valence-electron chi connectivity index (χ2n) is 2.91. The number of rotatable bonds is 1. The molecule has 1 fully saturated rings. The van der Waals surface area contributed by atoms with Crippen LogP contribution in [-0.4, -0.2) is 28.3 Å². The quantitative estimate of drug-likeness (QED) is 0.607. The Labute approximate surface area is 65.4 Å². The fourth-order valence-corrected chi connectivity index (χ4v) is 1.50. The normalized spacial score (nSPS) is 25.3. The summed E-state index contributed by atoms with van der Waals surface area (Å²) in [5.41, 5.74) is 0.